The Hall–Kier alpha value is -2.39. The predicted molar refractivity (Wildman–Crippen MR) is 80.3 cm³/mol. The highest BCUT2D eigenvalue weighted by atomic mass is 16.4. The summed E-state index contributed by atoms with van der Waals surface area (Å²) >= 11 is 0. The number of hydrogen-bond acceptors (Lipinski definition) is 2. The Morgan fingerprint density at radius 2 is 1.65 bits per heavy atom. The number of carbonyl (C=O) groups is 1. The van der Waals surface area contributed by atoms with Gasteiger partial charge in [0.05, 0.1) is 0 Å². The topological polar surface area (TPSA) is 49.3 Å². The summed E-state index contributed by atoms with van der Waals surface area (Å²) in [6.07, 6.45) is 3.89. The van der Waals surface area contributed by atoms with Crippen LogP contribution in [0.5, 0.6) is 0 Å². The summed E-state index contributed by atoms with van der Waals surface area (Å²) in [4.78, 5) is 11.3. The van der Waals surface area contributed by atoms with Crippen LogP contribution >= 0.6 is 0 Å². The minimum Gasteiger partial charge on any atom is -0.480 e. The Bertz CT molecular complexity index is 564. The van der Waals surface area contributed by atoms with Crippen molar-refractivity contribution in [2.24, 2.45) is 0 Å². The van der Waals surface area contributed by atoms with Crippen molar-refractivity contribution in [1.29, 1.82) is 0 Å². The maximum atomic E-state index is 11.3. The average Bonchev–Trinajstić information content (AvgIpc) is 2.49. The van der Waals surface area contributed by atoms with Gasteiger partial charge in [0.2, 0.25) is 0 Å². The van der Waals surface area contributed by atoms with Gasteiger partial charge >= 0.3 is 5.97 Å². The molecule has 0 spiro atoms. The van der Waals surface area contributed by atoms with Gasteiger partial charge < -0.3 is 5.11 Å². The van der Waals surface area contributed by atoms with Crippen molar-refractivity contribution in [1.82, 2.24) is 5.32 Å². The number of carboxylic acids is 1. The Morgan fingerprint density at radius 1 is 1.05 bits per heavy atom. The first-order chi connectivity index (χ1) is 9.77. The van der Waals surface area contributed by atoms with Crippen molar-refractivity contribution in [2.75, 3.05) is 6.54 Å². The number of benzene rings is 2. The van der Waals surface area contributed by atoms with Crippen LogP contribution in [0.4, 0.5) is 0 Å². The molecule has 0 aromatic heterocycles. The third kappa shape index (κ3) is 4.07. The first-order valence-electron chi connectivity index (χ1n) is 6.50. The molecule has 0 amide bonds. The molecular formula is C17H17NO2. The van der Waals surface area contributed by atoms with E-state index in [-0.39, 0.29) is 0 Å². The van der Waals surface area contributed by atoms with Crippen molar-refractivity contribution >= 4 is 12.0 Å². The van der Waals surface area contributed by atoms with E-state index in [4.69, 9.17) is 0 Å². The first-order valence-corrected chi connectivity index (χ1v) is 6.50. The van der Waals surface area contributed by atoms with Crippen LogP contribution < -0.4 is 5.32 Å². The fourth-order valence-electron chi connectivity index (χ4n) is 1.94. The van der Waals surface area contributed by atoms with Gasteiger partial charge in [-0.1, -0.05) is 72.8 Å². The standard InChI is InChI=1S/C17H17NO2/c19-17(20)16(15-11-5-2-6-12-15)18-13-7-10-14-8-3-1-4-9-14/h1-12,16,18H,13H2,(H,19,20). The average molecular weight is 267 g/mol. The quantitative estimate of drug-likeness (QED) is 0.845. The highest BCUT2D eigenvalue weighted by Crippen LogP contribution is 2.12. The molecule has 1 atom stereocenters. The summed E-state index contributed by atoms with van der Waals surface area (Å²) < 4.78 is 0. The lowest BCUT2D eigenvalue weighted by Gasteiger charge is -2.13. The second kappa shape index (κ2) is 7.26. The minimum absolute atomic E-state index is 0.501. The highest BCUT2D eigenvalue weighted by Gasteiger charge is 2.17. The van der Waals surface area contributed by atoms with E-state index in [2.05, 4.69) is 5.32 Å². The van der Waals surface area contributed by atoms with E-state index in [0.29, 0.717) is 6.54 Å². The van der Waals surface area contributed by atoms with Gasteiger partial charge in [-0.05, 0) is 11.1 Å². The summed E-state index contributed by atoms with van der Waals surface area (Å²) in [5, 5.41) is 12.3. The van der Waals surface area contributed by atoms with E-state index in [1.54, 1.807) is 0 Å². The van der Waals surface area contributed by atoms with E-state index in [1.807, 2.05) is 72.8 Å². The second-order valence-corrected chi connectivity index (χ2v) is 4.40. The Morgan fingerprint density at radius 3 is 2.25 bits per heavy atom. The zero-order chi connectivity index (χ0) is 14.2. The van der Waals surface area contributed by atoms with Gasteiger partial charge in [0, 0.05) is 6.54 Å². The summed E-state index contributed by atoms with van der Waals surface area (Å²) in [7, 11) is 0. The molecule has 3 nitrogen and oxygen atoms in total. The first kappa shape index (κ1) is 14.0. The number of rotatable bonds is 6. The molecule has 0 aliphatic carbocycles. The summed E-state index contributed by atoms with van der Waals surface area (Å²) in [5.41, 5.74) is 1.86. The van der Waals surface area contributed by atoms with Crippen LogP contribution in [0.15, 0.2) is 66.7 Å². The third-order valence-electron chi connectivity index (χ3n) is 2.93. The van der Waals surface area contributed by atoms with Crippen LogP contribution in [0.2, 0.25) is 0 Å². The molecule has 0 aliphatic heterocycles. The van der Waals surface area contributed by atoms with Gasteiger partial charge in [-0.15, -0.1) is 0 Å². The normalized spacial score (nSPS) is 12.4. The predicted octanol–water partition coefficient (Wildman–Crippen LogP) is 3.12. The maximum absolute atomic E-state index is 11.3. The zero-order valence-electron chi connectivity index (χ0n) is 11.1. The van der Waals surface area contributed by atoms with Crippen molar-refractivity contribution < 1.29 is 9.90 Å². The van der Waals surface area contributed by atoms with Gasteiger partial charge in [0.15, 0.2) is 0 Å². The van der Waals surface area contributed by atoms with Crippen LogP contribution in [0.1, 0.15) is 17.2 Å². The molecule has 0 radical (unpaired) electrons. The molecule has 2 N–H and O–H groups in total. The number of hydrogen-bond donors (Lipinski definition) is 2. The fourth-order valence-corrected chi connectivity index (χ4v) is 1.94. The molecule has 102 valence electrons. The lowest BCUT2D eigenvalue weighted by atomic mass is 10.1. The molecule has 2 aromatic carbocycles. The summed E-state index contributed by atoms with van der Waals surface area (Å²) in [6.45, 7) is 0.501. The van der Waals surface area contributed by atoms with Crippen LogP contribution in [0, 0.1) is 0 Å². The van der Waals surface area contributed by atoms with Crippen molar-refractivity contribution in [2.45, 2.75) is 6.04 Å². The molecule has 0 fully saturated rings. The van der Waals surface area contributed by atoms with Gasteiger partial charge in [-0.25, -0.2) is 0 Å². The monoisotopic (exact) mass is 267 g/mol. The molecule has 3 heteroatoms. The van der Waals surface area contributed by atoms with E-state index < -0.39 is 12.0 Å². The van der Waals surface area contributed by atoms with Gasteiger partial charge in [0.1, 0.15) is 6.04 Å². The SMILES string of the molecule is O=C(O)C(NCC=Cc1ccccc1)c1ccccc1. The van der Waals surface area contributed by atoms with Crippen molar-refractivity contribution in [3.63, 3.8) is 0 Å². The minimum atomic E-state index is -0.871. The smallest absolute Gasteiger partial charge is 0.325 e. The van der Waals surface area contributed by atoms with Gasteiger partial charge in [-0.3, -0.25) is 10.1 Å². The molecule has 0 aliphatic rings. The Balaban J connectivity index is 1.94. The van der Waals surface area contributed by atoms with Crippen LogP contribution in [0.3, 0.4) is 0 Å². The van der Waals surface area contributed by atoms with Crippen LogP contribution in [-0.2, 0) is 4.79 Å². The lowest BCUT2D eigenvalue weighted by molar-refractivity contribution is -0.139. The van der Waals surface area contributed by atoms with Crippen molar-refractivity contribution in [3.8, 4) is 0 Å². The molecule has 2 rings (SSSR count). The zero-order valence-corrected chi connectivity index (χ0v) is 11.1. The molecule has 0 heterocycles. The fraction of sp³-hybridized carbons (Fsp3) is 0.118. The van der Waals surface area contributed by atoms with Gasteiger partial charge in [0.25, 0.3) is 0 Å². The van der Waals surface area contributed by atoms with E-state index >= 15 is 0 Å². The Kier molecular flexibility index (Phi) is 5.09. The second-order valence-electron chi connectivity index (χ2n) is 4.40. The molecule has 20 heavy (non-hydrogen) atoms. The highest BCUT2D eigenvalue weighted by molar-refractivity contribution is 5.75. The van der Waals surface area contributed by atoms with E-state index in [1.165, 1.54) is 0 Å². The van der Waals surface area contributed by atoms with Crippen LogP contribution in [0.25, 0.3) is 6.08 Å². The van der Waals surface area contributed by atoms with Gasteiger partial charge in [-0.2, -0.15) is 0 Å². The summed E-state index contributed by atoms with van der Waals surface area (Å²) in [6, 6.07) is 18.4. The lowest BCUT2D eigenvalue weighted by Crippen LogP contribution is -2.28. The molecule has 2 aromatic rings. The largest absolute Gasteiger partial charge is 0.480 e. The van der Waals surface area contributed by atoms with Crippen molar-refractivity contribution in [3.05, 3.63) is 77.9 Å². The number of aliphatic carboxylic acids is 1. The van der Waals surface area contributed by atoms with Crippen LogP contribution in [-0.4, -0.2) is 17.6 Å². The number of carboxylic acid groups (broad SMARTS) is 1. The maximum Gasteiger partial charge on any atom is 0.325 e. The molecular weight excluding hydrogens is 250 g/mol. The number of nitrogens with one attached hydrogen (secondary N) is 1. The molecule has 0 bridgehead atoms. The Labute approximate surface area is 118 Å². The summed E-state index contributed by atoms with van der Waals surface area (Å²) in [5.74, 6) is -0.871. The molecule has 0 saturated heterocycles. The third-order valence-corrected chi connectivity index (χ3v) is 2.93. The van der Waals surface area contributed by atoms with E-state index in [9.17, 15) is 9.90 Å². The van der Waals surface area contributed by atoms with E-state index in [0.717, 1.165) is 11.1 Å². The molecule has 0 saturated carbocycles. The molecule has 1 unspecified atom stereocenters.